The monoisotopic (exact) mass is 392 g/mol. The second-order valence-corrected chi connectivity index (χ2v) is 8.90. The summed E-state index contributed by atoms with van der Waals surface area (Å²) in [7, 11) is -3.73. The lowest BCUT2D eigenvalue weighted by atomic mass is 10.1. The van der Waals surface area contributed by atoms with Crippen molar-refractivity contribution in [3.8, 4) is 11.5 Å². The number of nitrogens with one attached hydrogen (secondary N) is 1. The number of hydrogen-bond acceptors (Lipinski definition) is 6. The fourth-order valence-electron chi connectivity index (χ4n) is 3.29. The first kappa shape index (κ1) is 18.2. The van der Waals surface area contributed by atoms with Crippen LogP contribution in [0.4, 0.5) is 0 Å². The summed E-state index contributed by atoms with van der Waals surface area (Å²) >= 11 is 0. The molecular formula is C18H24N4O4S. The molecule has 0 saturated heterocycles. The van der Waals surface area contributed by atoms with Crippen molar-refractivity contribution in [3.63, 3.8) is 0 Å². The Balaban J connectivity index is 1.60. The first-order valence-electron chi connectivity index (χ1n) is 9.30. The van der Waals surface area contributed by atoms with Crippen LogP contribution in [-0.2, 0) is 16.6 Å². The van der Waals surface area contributed by atoms with Gasteiger partial charge in [-0.05, 0) is 25.0 Å². The van der Waals surface area contributed by atoms with Crippen molar-refractivity contribution in [2.24, 2.45) is 0 Å². The molecule has 0 bridgehead atoms. The van der Waals surface area contributed by atoms with E-state index in [1.54, 1.807) is 12.1 Å². The lowest BCUT2D eigenvalue weighted by Gasteiger charge is -2.23. The van der Waals surface area contributed by atoms with Crippen LogP contribution in [0.3, 0.4) is 0 Å². The Morgan fingerprint density at radius 3 is 2.74 bits per heavy atom. The number of hydrogen-bond donors (Lipinski definition) is 1. The maximum absolute atomic E-state index is 13.0. The number of aryl methyl sites for hydroxylation is 1. The number of ether oxygens (including phenoxy) is 2. The van der Waals surface area contributed by atoms with Gasteiger partial charge in [-0.15, -0.1) is 0 Å². The highest BCUT2D eigenvalue weighted by atomic mass is 32.2. The number of nitrogens with zero attached hydrogens (tertiary/aromatic N) is 3. The molecular weight excluding hydrogens is 368 g/mol. The van der Waals surface area contributed by atoms with Crippen molar-refractivity contribution in [1.29, 1.82) is 0 Å². The van der Waals surface area contributed by atoms with E-state index in [4.69, 9.17) is 9.47 Å². The third-order valence-electron chi connectivity index (χ3n) is 4.73. The highest BCUT2D eigenvalue weighted by molar-refractivity contribution is 7.89. The highest BCUT2D eigenvalue weighted by Gasteiger charge is 2.30. The van der Waals surface area contributed by atoms with Crippen LogP contribution < -0.4 is 14.2 Å². The topological polar surface area (TPSA) is 95.3 Å². The predicted molar refractivity (Wildman–Crippen MR) is 98.5 cm³/mol. The number of rotatable bonds is 4. The van der Waals surface area contributed by atoms with Gasteiger partial charge in [-0.25, -0.2) is 22.8 Å². The summed E-state index contributed by atoms with van der Waals surface area (Å²) in [5, 5.41) is 4.51. The molecule has 4 rings (SSSR count). The maximum atomic E-state index is 13.0. The van der Waals surface area contributed by atoms with E-state index >= 15 is 0 Å². The van der Waals surface area contributed by atoms with E-state index in [0.717, 1.165) is 25.2 Å². The Kier molecular flexibility index (Phi) is 4.81. The minimum Gasteiger partial charge on any atom is -0.490 e. The van der Waals surface area contributed by atoms with Crippen LogP contribution in [0, 0.1) is 0 Å². The minimum absolute atomic E-state index is 0.160. The Bertz CT molecular complexity index is 939. The van der Waals surface area contributed by atoms with Crippen molar-refractivity contribution in [2.75, 3.05) is 13.2 Å². The average molecular weight is 392 g/mol. The molecule has 0 saturated carbocycles. The zero-order valence-electron chi connectivity index (χ0n) is 15.5. The number of benzene rings is 1. The number of sulfonamides is 1. The summed E-state index contributed by atoms with van der Waals surface area (Å²) in [6.07, 6.45) is 2.31. The van der Waals surface area contributed by atoms with Crippen LogP contribution in [0.15, 0.2) is 23.1 Å². The maximum Gasteiger partial charge on any atom is 0.241 e. The summed E-state index contributed by atoms with van der Waals surface area (Å²) in [5.41, 5.74) is 0. The van der Waals surface area contributed by atoms with Crippen molar-refractivity contribution < 1.29 is 17.9 Å². The van der Waals surface area contributed by atoms with E-state index in [1.807, 2.05) is 18.5 Å². The zero-order chi connectivity index (χ0) is 19.0. The molecule has 3 heterocycles. The van der Waals surface area contributed by atoms with Crippen LogP contribution in [0.25, 0.3) is 0 Å². The van der Waals surface area contributed by atoms with Gasteiger partial charge >= 0.3 is 0 Å². The second kappa shape index (κ2) is 7.12. The molecule has 0 unspecified atom stereocenters. The van der Waals surface area contributed by atoms with Gasteiger partial charge in [0, 0.05) is 24.9 Å². The molecule has 9 heteroatoms. The molecule has 1 N–H and O–H groups in total. The Morgan fingerprint density at radius 1 is 1.19 bits per heavy atom. The molecule has 146 valence electrons. The standard InChI is InChI=1S/C18H24N4O4S/c1-12(2)17-19-18-14(5-3-8-22(18)20-17)21-27(23,24)13-6-7-15-16(11-13)26-10-4-9-25-15/h6-7,11-12,14,21H,3-5,8-10H2,1-2H3/t14-/m1/s1. The summed E-state index contributed by atoms with van der Waals surface area (Å²) in [4.78, 5) is 4.73. The lowest BCUT2D eigenvalue weighted by Crippen LogP contribution is -2.33. The average Bonchev–Trinajstić information content (AvgIpc) is 2.94. The van der Waals surface area contributed by atoms with E-state index in [-0.39, 0.29) is 16.9 Å². The van der Waals surface area contributed by atoms with E-state index in [9.17, 15) is 8.42 Å². The fourth-order valence-corrected chi connectivity index (χ4v) is 4.53. The van der Waals surface area contributed by atoms with Crippen LogP contribution >= 0.6 is 0 Å². The van der Waals surface area contributed by atoms with Crippen molar-refractivity contribution in [3.05, 3.63) is 29.8 Å². The second-order valence-electron chi connectivity index (χ2n) is 7.18. The van der Waals surface area contributed by atoms with Gasteiger partial charge < -0.3 is 9.47 Å². The highest BCUT2D eigenvalue weighted by Crippen LogP contribution is 2.33. The van der Waals surface area contributed by atoms with E-state index in [1.165, 1.54) is 6.07 Å². The molecule has 27 heavy (non-hydrogen) atoms. The van der Waals surface area contributed by atoms with E-state index < -0.39 is 10.0 Å². The molecule has 8 nitrogen and oxygen atoms in total. The van der Waals surface area contributed by atoms with Gasteiger partial charge in [0.15, 0.2) is 17.3 Å². The molecule has 2 aliphatic heterocycles. The van der Waals surface area contributed by atoms with E-state index in [2.05, 4.69) is 14.8 Å². The van der Waals surface area contributed by atoms with Gasteiger partial charge in [-0.3, -0.25) is 0 Å². The zero-order valence-corrected chi connectivity index (χ0v) is 16.3. The van der Waals surface area contributed by atoms with Gasteiger partial charge in [0.25, 0.3) is 0 Å². The largest absolute Gasteiger partial charge is 0.490 e. The van der Waals surface area contributed by atoms with Crippen LogP contribution in [0.1, 0.15) is 56.7 Å². The number of aromatic nitrogens is 3. The summed E-state index contributed by atoms with van der Waals surface area (Å²) in [5.74, 6) is 2.66. The number of fused-ring (bicyclic) bond motifs is 2. The van der Waals surface area contributed by atoms with Gasteiger partial charge in [0.05, 0.1) is 24.2 Å². The van der Waals surface area contributed by atoms with Crippen molar-refractivity contribution in [1.82, 2.24) is 19.5 Å². The summed E-state index contributed by atoms with van der Waals surface area (Å²) < 4.78 is 41.7. The van der Waals surface area contributed by atoms with Gasteiger partial charge in [-0.1, -0.05) is 13.8 Å². The normalized spacial score (nSPS) is 19.6. The minimum atomic E-state index is -3.73. The van der Waals surface area contributed by atoms with E-state index in [0.29, 0.717) is 37.0 Å². The van der Waals surface area contributed by atoms with Gasteiger partial charge in [-0.2, -0.15) is 5.10 Å². The molecule has 2 aromatic rings. The molecule has 2 aliphatic rings. The smallest absolute Gasteiger partial charge is 0.241 e. The summed E-state index contributed by atoms with van der Waals surface area (Å²) in [6.45, 7) is 5.88. The molecule has 1 aromatic heterocycles. The third kappa shape index (κ3) is 3.66. The predicted octanol–water partition coefficient (Wildman–Crippen LogP) is 2.38. The molecule has 0 fully saturated rings. The first-order chi connectivity index (χ1) is 12.9. The molecule has 0 aliphatic carbocycles. The summed E-state index contributed by atoms with van der Waals surface area (Å²) in [6, 6.07) is 4.33. The fraction of sp³-hybridized carbons (Fsp3) is 0.556. The van der Waals surface area contributed by atoms with Crippen LogP contribution in [0.5, 0.6) is 11.5 Å². The molecule has 1 aromatic carbocycles. The Hall–Kier alpha value is -2.13. The van der Waals surface area contributed by atoms with Crippen LogP contribution in [0.2, 0.25) is 0 Å². The van der Waals surface area contributed by atoms with Gasteiger partial charge in [0.2, 0.25) is 10.0 Å². The Morgan fingerprint density at radius 2 is 1.96 bits per heavy atom. The van der Waals surface area contributed by atoms with Crippen molar-refractivity contribution >= 4 is 10.0 Å². The molecule has 0 spiro atoms. The van der Waals surface area contributed by atoms with Crippen LogP contribution in [-0.4, -0.2) is 36.4 Å². The molecule has 1 atom stereocenters. The molecule has 0 radical (unpaired) electrons. The third-order valence-corrected chi connectivity index (χ3v) is 6.20. The Labute approximate surface area is 158 Å². The SMILES string of the molecule is CC(C)c1nc2n(n1)CCC[C@H]2NS(=O)(=O)c1ccc2c(c1)OCCCO2. The lowest BCUT2D eigenvalue weighted by molar-refractivity contribution is 0.297. The first-order valence-corrected chi connectivity index (χ1v) is 10.8. The van der Waals surface area contributed by atoms with Crippen molar-refractivity contribution in [2.45, 2.75) is 56.5 Å². The van der Waals surface area contributed by atoms with Gasteiger partial charge in [0.1, 0.15) is 5.82 Å². The molecule has 0 amide bonds. The quantitative estimate of drug-likeness (QED) is 0.858.